The highest BCUT2D eigenvalue weighted by atomic mass is 16.3. The van der Waals surface area contributed by atoms with Gasteiger partial charge >= 0.3 is 0 Å². The van der Waals surface area contributed by atoms with Crippen molar-refractivity contribution in [3.63, 3.8) is 0 Å². The summed E-state index contributed by atoms with van der Waals surface area (Å²) < 4.78 is 0. The predicted molar refractivity (Wildman–Crippen MR) is 82.6 cm³/mol. The summed E-state index contributed by atoms with van der Waals surface area (Å²) in [5, 5.41) is 12.7. The van der Waals surface area contributed by atoms with Gasteiger partial charge in [-0.25, -0.2) is 0 Å². The number of carbonyl (C=O) groups excluding carboxylic acids is 1. The number of aliphatic hydroxyl groups excluding tert-OH is 1. The van der Waals surface area contributed by atoms with Crippen molar-refractivity contribution in [3.05, 3.63) is 24.0 Å². The lowest BCUT2D eigenvalue weighted by molar-refractivity contribution is 0.0951. The van der Waals surface area contributed by atoms with E-state index in [0.29, 0.717) is 18.8 Å². The van der Waals surface area contributed by atoms with Crippen LogP contribution in [0.2, 0.25) is 0 Å². The van der Waals surface area contributed by atoms with Crippen LogP contribution in [0.4, 0.5) is 5.69 Å². The number of likely N-dealkylation sites (N-methyl/N-ethyl adjacent to an activating group) is 1. The van der Waals surface area contributed by atoms with Crippen LogP contribution in [0, 0.1) is 0 Å². The highest BCUT2D eigenvalue weighted by Gasteiger charge is 2.31. The van der Waals surface area contributed by atoms with Crippen molar-refractivity contribution in [1.82, 2.24) is 15.2 Å². The minimum Gasteiger partial charge on any atom is -0.391 e. The van der Waals surface area contributed by atoms with Gasteiger partial charge in [0, 0.05) is 37.6 Å². The maximum atomic E-state index is 11.9. The molecule has 1 saturated heterocycles. The van der Waals surface area contributed by atoms with Gasteiger partial charge in [-0.3, -0.25) is 9.78 Å². The lowest BCUT2D eigenvalue weighted by Gasteiger charge is -2.28. The molecule has 1 aromatic rings. The Labute approximate surface area is 125 Å². The van der Waals surface area contributed by atoms with Crippen LogP contribution in [0.25, 0.3) is 0 Å². The zero-order valence-electron chi connectivity index (χ0n) is 12.9. The van der Waals surface area contributed by atoms with E-state index >= 15 is 0 Å². The van der Waals surface area contributed by atoms with Crippen LogP contribution in [0.15, 0.2) is 18.3 Å². The molecule has 2 N–H and O–H groups in total. The fourth-order valence-electron chi connectivity index (χ4n) is 2.78. The molecule has 2 rings (SSSR count). The molecule has 0 aromatic carbocycles. The molecule has 6 heteroatoms. The first kappa shape index (κ1) is 15.7. The topological polar surface area (TPSA) is 68.7 Å². The van der Waals surface area contributed by atoms with Crippen molar-refractivity contribution in [2.24, 2.45) is 0 Å². The number of β-amino-alcohol motifs (C(OH)–C–C–N with tert-alkyl or cyclic N) is 1. The Bertz CT molecular complexity index is 492. The minimum atomic E-state index is -0.323. The Balaban J connectivity index is 2.19. The number of anilines is 1. The van der Waals surface area contributed by atoms with Crippen LogP contribution in [-0.4, -0.2) is 66.8 Å². The second kappa shape index (κ2) is 6.87. The lowest BCUT2D eigenvalue weighted by atomic mass is 10.2. The SMILES string of the molecule is CCNC(=O)c1cc(N2CC(O)CC2CN(C)C)ccn1. The third-order valence-corrected chi connectivity index (χ3v) is 3.61. The summed E-state index contributed by atoms with van der Waals surface area (Å²) in [7, 11) is 4.05. The molecule has 0 aliphatic carbocycles. The average molecular weight is 292 g/mol. The Morgan fingerprint density at radius 1 is 1.57 bits per heavy atom. The van der Waals surface area contributed by atoms with E-state index in [-0.39, 0.29) is 18.1 Å². The number of carbonyl (C=O) groups is 1. The number of aliphatic hydroxyl groups is 1. The summed E-state index contributed by atoms with van der Waals surface area (Å²) in [4.78, 5) is 20.3. The molecule has 1 aliphatic heterocycles. The second-order valence-corrected chi connectivity index (χ2v) is 5.72. The molecule has 6 nitrogen and oxygen atoms in total. The third-order valence-electron chi connectivity index (χ3n) is 3.61. The molecule has 0 radical (unpaired) electrons. The van der Waals surface area contributed by atoms with Crippen LogP contribution in [0.3, 0.4) is 0 Å². The van der Waals surface area contributed by atoms with Gasteiger partial charge in [0.15, 0.2) is 0 Å². The van der Waals surface area contributed by atoms with Gasteiger partial charge in [0.2, 0.25) is 0 Å². The van der Waals surface area contributed by atoms with Gasteiger partial charge in [-0.1, -0.05) is 0 Å². The molecule has 1 fully saturated rings. The molecule has 2 heterocycles. The fraction of sp³-hybridized carbons (Fsp3) is 0.600. The normalized spacial score (nSPS) is 21.9. The van der Waals surface area contributed by atoms with Crippen LogP contribution < -0.4 is 10.2 Å². The highest BCUT2D eigenvalue weighted by Crippen LogP contribution is 2.26. The Morgan fingerprint density at radius 2 is 2.33 bits per heavy atom. The largest absolute Gasteiger partial charge is 0.391 e. The molecular formula is C15H24N4O2. The van der Waals surface area contributed by atoms with Gasteiger partial charge in [0.05, 0.1) is 6.10 Å². The summed E-state index contributed by atoms with van der Waals surface area (Å²) in [5.41, 5.74) is 1.36. The van der Waals surface area contributed by atoms with E-state index < -0.39 is 0 Å². The molecule has 2 atom stereocenters. The first-order valence-electron chi connectivity index (χ1n) is 7.35. The summed E-state index contributed by atoms with van der Waals surface area (Å²) in [5.74, 6) is -0.164. The molecule has 0 bridgehead atoms. The fourth-order valence-corrected chi connectivity index (χ4v) is 2.78. The van der Waals surface area contributed by atoms with Crippen molar-refractivity contribution >= 4 is 11.6 Å². The Morgan fingerprint density at radius 3 is 3.00 bits per heavy atom. The number of amides is 1. The van der Waals surface area contributed by atoms with E-state index in [0.717, 1.165) is 18.7 Å². The first-order valence-corrected chi connectivity index (χ1v) is 7.35. The number of nitrogens with zero attached hydrogens (tertiary/aromatic N) is 3. The molecular weight excluding hydrogens is 268 g/mol. The molecule has 1 aromatic heterocycles. The van der Waals surface area contributed by atoms with E-state index in [9.17, 15) is 9.90 Å². The maximum absolute atomic E-state index is 11.9. The molecule has 2 unspecified atom stereocenters. The predicted octanol–water partition coefficient (Wildman–Crippen LogP) is 0.333. The van der Waals surface area contributed by atoms with Crippen LogP contribution in [0.1, 0.15) is 23.8 Å². The summed E-state index contributed by atoms with van der Waals surface area (Å²) in [6, 6.07) is 3.94. The molecule has 0 spiro atoms. The number of hydrogen-bond donors (Lipinski definition) is 2. The van der Waals surface area contributed by atoms with Crippen molar-refractivity contribution in [2.75, 3.05) is 38.6 Å². The Hall–Kier alpha value is -1.66. The zero-order chi connectivity index (χ0) is 15.4. The van der Waals surface area contributed by atoms with Gasteiger partial charge in [-0.15, -0.1) is 0 Å². The van der Waals surface area contributed by atoms with Crippen LogP contribution in [0.5, 0.6) is 0 Å². The smallest absolute Gasteiger partial charge is 0.269 e. The summed E-state index contributed by atoms with van der Waals surface area (Å²) in [6.07, 6.45) is 2.07. The highest BCUT2D eigenvalue weighted by molar-refractivity contribution is 5.93. The average Bonchev–Trinajstić information content (AvgIpc) is 2.79. The van der Waals surface area contributed by atoms with Crippen LogP contribution >= 0.6 is 0 Å². The van der Waals surface area contributed by atoms with Crippen molar-refractivity contribution in [2.45, 2.75) is 25.5 Å². The van der Waals surface area contributed by atoms with Gasteiger partial charge in [0.25, 0.3) is 5.91 Å². The molecule has 0 saturated carbocycles. The van der Waals surface area contributed by atoms with Crippen LogP contribution in [-0.2, 0) is 0 Å². The monoisotopic (exact) mass is 292 g/mol. The van der Waals surface area contributed by atoms with E-state index in [1.165, 1.54) is 0 Å². The molecule has 1 aliphatic rings. The zero-order valence-corrected chi connectivity index (χ0v) is 12.9. The van der Waals surface area contributed by atoms with Gasteiger partial charge in [-0.2, -0.15) is 0 Å². The lowest BCUT2D eigenvalue weighted by Crippen LogP contribution is -2.37. The van der Waals surface area contributed by atoms with E-state index in [1.54, 1.807) is 12.3 Å². The minimum absolute atomic E-state index is 0.164. The quantitative estimate of drug-likeness (QED) is 0.819. The first-order chi connectivity index (χ1) is 10.0. The number of aromatic nitrogens is 1. The van der Waals surface area contributed by atoms with Gasteiger partial charge in [0.1, 0.15) is 5.69 Å². The van der Waals surface area contributed by atoms with Crippen molar-refractivity contribution in [1.29, 1.82) is 0 Å². The Kier molecular flexibility index (Phi) is 5.14. The second-order valence-electron chi connectivity index (χ2n) is 5.72. The molecule has 116 valence electrons. The maximum Gasteiger partial charge on any atom is 0.269 e. The third kappa shape index (κ3) is 3.92. The summed E-state index contributed by atoms with van der Waals surface area (Å²) in [6.45, 7) is 3.93. The van der Waals surface area contributed by atoms with E-state index in [4.69, 9.17) is 0 Å². The molecule has 1 amide bonds. The number of rotatable bonds is 5. The standard InChI is InChI=1S/C15H24N4O2/c1-4-16-15(21)14-8-11(5-6-17-14)19-10-13(20)7-12(19)9-18(2)3/h5-6,8,12-13,20H,4,7,9-10H2,1-3H3,(H,16,21). The van der Waals surface area contributed by atoms with E-state index in [2.05, 4.69) is 20.1 Å². The number of hydrogen-bond acceptors (Lipinski definition) is 5. The van der Waals surface area contributed by atoms with Crippen molar-refractivity contribution < 1.29 is 9.90 Å². The van der Waals surface area contributed by atoms with Gasteiger partial charge < -0.3 is 20.2 Å². The molecule has 21 heavy (non-hydrogen) atoms. The number of pyridine rings is 1. The van der Waals surface area contributed by atoms with Gasteiger partial charge in [-0.05, 0) is 39.6 Å². The summed E-state index contributed by atoms with van der Waals surface area (Å²) >= 11 is 0. The van der Waals surface area contributed by atoms with Crippen molar-refractivity contribution in [3.8, 4) is 0 Å². The number of nitrogens with one attached hydrogen (secondary N) is 1. The van der Waals surface area contributed by atoms with E-state index in [1.807, 2.05) is 27.1 Å².